The molecular formula is C10H13BrO2. The van der Waals surface area contributed by atoms with Crippen LogP contribution in [0.5, 0.6) is 0 Å². The Morgan fingerprint density at radius 1 is 1.54 bits per heavy atom. The van der Waals surface area contributed by atoms with Crippen LogP contribution in [-0.2, 0) is 9.53 Å². The van der Waals surface area contributed by atoms with E-state index in [1.807, 2.05) is 12.2 Å². The minimum Gasteiger partial charge on any atom is -0.366 e. The molecule has 3 heteroatoms. The first-order valence-electron chi connectivity index (χ1n) is 4.28. The summed E-state index contributed by atoms with van der Waals surface area (Å²) in [7, 11) is 0. The fourth-order valence-electron chi connectivity index (χ4n) is 1.31. The zero-order valence-corrected chi connectivity index (χ0v) is 9.00. The fourth-order valence-corrected chi connectivity index (χ4v) is 1.52. The van der Waals surface area contributed by atoms with Gasteiger partial charge in [0.2, 0.25) is 0 Å². The average Bonchev–Trinajstić information content (AvgIpc) is 2.14. The van der Waals surface area contributed by atoms with Crippen LogP contribution in [0, 0.1) is 0 Å². The number of Topliss-reactive ketones (excluding diaryl/α,β-unsaturated/α-hetero) is 1. The molecule has 72 valence electrons. The molecule has 0 aromatic rings. The smallest absolute Gasteiger partial charge is 0.138 e. The minimum atomic E-state index is -0.105. The normalized spacial score (nSPS) is 29.5. The highest BCUT2D eigenvalue weighted by molar-refractivity contribution is 9.09. The van der Waals surface area contributed by atoms with E-state index in [1.54, 1.807) is 6.08 Å². The number of hydrogen-bond donors (Lipinski definition) is 0. The van der Waals surface area contributed by atoms with Crippen molar-refractivity contribution in [1.82, 2.24) is 0 Å². The molecule has 1 rings (SSSR count). The minimum absolute atomic E-state index is 0.0678. The average molecular weight is 245 g/mol. The summed E-state index contributed by atoms with van der Waals surface area (Å²) in [5.74, 6) is 0.250. The van der Waals surface area contributed by atoms with Crippen molar-refractivity contribution in [2.45, 2.75) is 25.0 Å². The molecule has 2 atom stereocenters. The maximum atomic E-state index is 11.2. The molecule has 0 aromatic heterocycles. The van der Waals surface area contributed by atoms with Gasteiger partial charge in [0.25, 0.3) is 0 Å². The van der Waals surface area contributed by atoms with Gasteiger partial charge in [0.05, 0.1) is 12.2 Å². The van der Waals surface area contributed by atoms with Crippen LogP contribution >= 0.6 is 15.9 Å². The van der Waals surface area contributed by atoms with Gasteiger partial charge in [-0.15, -0.1) is 6.58 Å². The van der Waals surface area contributed by atoms with E-state index in [4.69, 9.17) is 4.74 Å². The van der Waals surface area contributed by atoms with Crippen molar-refractivity contribution in [3.05, 3.63) is 24.8 Å². The first-order chi connectivity index (χ1) is 6.26. The molecule has 1 aliphatic rings. The SMILES string of the molecule is C=C[C@H]1CC(=O)C[C@@H](/C=C/CBr)O1. The summed E-state index contributed by atoms with van der Waals surface area (Å²) in [5.41, 5.74) is 0. The van der Waals surface area contributed by atoms with Crippen molar-refractivity contribution < 1.29 is 9.53 Å². The predicted octanol–water partition coefficient (Wildman–Crippen LogP) is 2.24. The van der Waals surface area contributed by atoms with Crippen LogP contribution in [-0.4, -0.2) is 23.3 Å². The van der Waals surface area contributed by atoms with Crippen molar-refractivity contribution in [3.63, 3.8) is 0 Å². The number of alkyl halides is 1. The van der Waals surface area contributed by atoms with Crippen LogP contribution in [0.3, 0.4) is 0 Å². The van der Waals surface area contributed by atoms with Gasteiger partial charge in [-0.1, -0.05) is 34.2 Å². The second-order valence-electron chi connectivity index (χ2n) is 2.98. The van der Waals surface area contributed by atoms with E-state index in [0.717, 1.165) is 5.33 Å². The number of rotatable bonds is 3. The molecule has 13 heavy (non-hydrogen) atoms. The van der Waals surface area contributed by atoms with Crippen molar-refractivity contribution in [1.29, 1.82) is 0 Å². The van der Waals surface area contributed by atoms with E-state index in [-0.39, 0.29) is 18.0 Å². The molecular weight excluding hydrogens is 232 g/mol. The molecule has 1 aliphatic heterocycles. The second kappa shape index (κ2) is 5.35. The molecule has 0 spiro atoms. The van der Waals surface area contributed by atoms with Crippen LogP contribution in [0.4, 0.5) is 0 Å². The van der Waals surface area contributed by atoms with Gasteiger partial charge < -0.3 is 4.74 Å². The fraction of sp³-hybridized carbons (Fsp3) is 0.500. The molecule has 0 amide bonds. The Kier molecular flexibility index (Phi) is 4.39. The molecule has 0 N–H and O–H groups in total. The van der Waals surface area contributed by atoms with Gasteiger partial charge in [-0.2, -0.15) is 0 Å². The lowest BCUT2D eigenvalue weighted by molar-refractivity contribution is -0.129. The van der Waals surface area contributed by atoms with Gasteiger partial charge in [0.1, 0.15) is 5.78 Å². The summed E-state index contributed by atoms with van der Waals surface area (Å²) in [4.78, 5) is 11.2. The monoisotopic (exact) mass is 244 g/mol. The Morgan fingerprint density at radius 2 is 2.23 bits per heavy atom. The van der Waals surface area contributed by atoms with Gasteiger partial charge in [-0.25, -0.2) is 0 Å². The quantitative estimate of drug-likeness (QED) is 0.563. The molecule has 0 aliphatic carbocycles. The van der Waals surface area contributed by atoms with Gasteiger partial charge in [-0.05, 0) is 0 Å². The Balaban J connectivity index is 2.51. The van der Waals surface area contributed by atoms with Gasteiger partial charge in [0.15, 0.2) is 0 Å². The van der Waals surface area contributed by atoms with Gasteiger partial charge >= 0.3 is 0 Å². The van der Waals surface area contributed by atoms with E-state index < -0.39 is 0 Å². The highest BCUT2D eigenvalue weighted by atomic mass is 79.9. The summed E-state index contributed by atoms with van der Waals surface area (Å²) in [5, 5.41) is 0.791. The van der Waals surface area contributed by atoms with E-state index in [1.165, 1.54) is 0 Å². The lowest BCUT2D eigenvalue weighted by Crippen LogP contribution is -2.30. The number of hydrogen-bond acceptors (Lipinski definition) is 2. The molecule has 2 nitrogen and oxygen atoms in total. The number of carbonyl (C=O) groups excluding carboxylic acids is 1. The Bertz CT molecular complexity index is 223. The summed E-state index contributed by atoms with van der Waals surface area (Å²) < 4.78 is 5.56. The Morgan fingerprint density at radius 3 is 2.85 bits per heavy atom. The van der Waals surface area contributed by atoms with Crippen LogP contribution in [0.25, 0.3) is 0 Å². The first-order valence-corrected chi connectivity index (χ1v) is 5.40. The number of halogens is 1. The standard InChI is InChI=1S/C10H13BrO2/c1-2-9-6-8(12)7-10(13-9)4-3-5-11/h2-4,9-10H,1,5-7H2/b4-3+/t9-,10+/m0/s1. The second-order valence-corrected chi connectivity index (χ2v) is 3.63. The van der Waals surface area contributed by atoms with E-state index >= 15 is 0 Å². The van der Waals surface area contributed by atoms with Crippen LogP contribution in [0.15, 0.2) is 24.8 Å². The number of ether oxygens (including phenoxy) is 1. The Labute approximate surface area is 86.8 Å². The predicted molar refractivity (Wildman–Crippen MR) is 56.0 cm³/mol. The third-order valence-electron chi connectivity index (χ3n) is 1.91. The van der Waals surface area contributed by atoms with Crippen LogP contribution < -0.4 is 0 Å². The van der Waals surface area contributed by atoms with E-state index in [2.05, 4.69) is 22.5 Å². The first kappa shape index (κ1) is 10.7. The number of allylic oxidation sites excluding steroid dienone is 1. The van der Waals surface area contributed by atoms with Gasteiger partial charge in [-0.3, -0.25) is 4.79 Å². The maximum Gasteiger partial charge on any atom is 0.138 e. The molecule has 0 aromatic carbocycles. The molecule has 1 saturated heterocycles. The van der Waals surface area contributed by atoms with E-state index in [0.29, 0.717) is 12.8 Å². The Hall–Kier alpha value is -0.410. The van der Waals surface area contributed by atoms with Crippen molar-refractivity contribution in [3.8, 4) is 0 Å². The summed E-state index contributed by atoms with van der Waals surface area (Å²) in [6.45, 7) is 3.62. The summed E-state index contributed by atoms with van der Waals surface area (Å²) in [6.07, 6.45) is 6.35. The topological polar surface area (TPSA) is 26.3 Å². The van der Waals surface area contributed by atoms with E-state index in [9.17, 15) is 4.79 Å². The number of carbonyl (C=O) groups is 1. The van der Waals surface area contributed by atoms with Crippen LogP contribution in [0.1, 0.15) is 12.8 Å². The molecule has 1 heterocycles. The zero-order valence-electron chi connectivity index (χ0n) is 7.41. The third kappa shape index (κ3) is 3.44. The molecule has 0 bridgehead atoms. The molecule has 0 saturated carbocycles. The van der Waals surface area contributed by atoms with Crippen LogP contribution in [0.2, 0.25) is 0 Å². The maximum absolute atomic E-state index is 11.2. The lowest BCUT2D eigenvalue weighted by atomic mass is 10.0. The van der Waals surface area contributed by atoms with Crippen molar-refractivity contribution in [2.24, 2.45) is 0 Å². The molecule has 0 radical (unpaired) electrons. The molecule has 0 unspecified atom stereocenters. The number of ketones is 1. The summed E-state index contributed by atoms with van der Waals surface area (Å²) >= 11 is 3.28. The van der Waals surface area contributed by atoms with Crippen molar-refractivity contribution in [2.75, 3.05) is 5.33 Å². The largest absolute Gasteiger partial charge is 0.366 e. The zero-order chi connectivity index (χ0) is 9.68. The van der Waals surface area contributed by atoms with Crippen molar-refractivity contribution >= 4 is 21.7 Å². The highest BCUT2D eigenvalue weighted by Gasteiger charge is 2.23. The highest BCUT2D eigenvalue weighted by Crippen LogP contribution is 2.17. The summed E-state index contributed by atoms with van der Waals surface area (Å²) in [6, 6.07) is 0. The molecule has 1 fully saturated rings. The lowest BCUT2D eigenvalue weighted by Gasteiger charge is -2.25. The third-order valence-corrected chi connectivity index (χ3v) is 2.28. The van der Waals surface area contributed by atoms with Gasteiger partial charge in [0, 0.05) is 18.2 Å².